The number of aliphatic carboxylic acids is 1. The molecular formula is C16H22FNO4. The van der Waals surface area contributed by atoms with Crippen molar-refractivity contribution in [2.24, 2.45) is 11.7 Å². The number of carbonyl (C=O) groups excluding carboxylic acids is 1. The smallest absolute Gasteiger partial charge is 0.306 e. The van der Waals surface area contributed by atoms with Crippen molar-refractivity contribution >= 4 is 11.8 Å². The summed E-state index contributed by atoms with van der Waals surface area (Å²) in [5.74, 6) is -1.10. The van der Waals surface area contributed by atoms with Crippen LogP contribution in [-0.4, -0.2) is 36.2 Å². The number of carboxylic acids is 1. The highest BCUT2D eigenvalue weighted by Gasteiger charge is 2.20. The molecule has 3 N–H and O–H groups in total. The topological polar surface area (TPSA) is 89.6 Å². The second kappa shape index (κ2) is 9.15. The fourth-order valence-corrected chi connectivity index (χ4v) is 2.06. The van der Waals surface area contributed by atoms with Gasteiger partial charge in [0.05, 0.1) is 12.0 Å². The lowest BCUT2D eigenvalue weighted by Crippen LogP contribution is -2.30. The van der Waals surface area contributed by atoms with E-state index in [0.29, 0.717) is 25.0 Å². The van der Waals surface area contributed by atoms with Gasteiger partial charge in [-0.3, -0.25) is 9.59 Å². The molecule has 1 rings (SSSR count). The number of hydrogen-bond donors (Lipinski definition) is 2. The summed E-state index contributed by atoms with van der Waals surface area (Å²) in [6, 6.07) is 6.28. The lowest BCUT2D eigenvalue weighted by molar-refractivity contribution is -0.142. The predicted molar refractivity (Wildman–Crippen MR) is 80.6 cm³/mol. The average molecular weight is 311 g/mol. The third-order valence-corrected chi connectivity index (χ3v) is 3.45. The van der Waals surface area contributed by atoms with Crippen LogP contribution in [0.5, 0.6) is 5.75 Å². The number of nitrogens with two attached hydrogens (primary N) is 1. The van der Waals surface area contributed by atoms with E-state index < -0.39 is 24.6 Å². The number of carboxylic acid groups (broad SMARTS) is 1. The monoisotopic (exact) mass is 311 g/mol. The van der Waals surface area contributed by atoms with Crippen LogP contribution in [0, 0.1) is 5.92 Å². The summed E-state index contributed by atoms with van der Waals surface area (Å²) in [5.41, 5.74) is 6.48. The first-order chi connectivity index (χ1) is 10.4. The molecule has 1 unspecified atom stereocenters. The van der Waals surface area contributed by atoms with Crippen molar-refractivity contribution in [3.05, 3.63) is 29.8 Å². The molecule has 1 aromatic carbocycles. The number of Topliss-reactive ketones (excluding diaryl/α,β-unsaturated/α-hetero) is 1. The van der Waals surface area contributed by atoms with Gasteiger partial charge in [-0.05, 0) is 43.9 Å². The molecule has 1 aromatic rings. The molecule has 0 aliphatic heterocycles. The molecule has 122 valence electrons. The Morgan fingerprint density at radius 1 is 1.27 bits per heavy atom. The maximum absolute atomic E-state index is 12.0. The van der Waals surface area contributed by atoms with Crippen LogP contribution in [0.1, 0.15) is 25.3 Å². The van der Waals surface area contributed by atoms with Crippen LogP contribution in [-0.2, 0) is 16.0 Å². The fraction of sp³-hybridized carbons (Fsp3) is 0.500. The molecule has 0 heterocycles. The first-order valence-electron chi connectivity index (χ1n) is 7.20. The van der Waals surface area contributed by atoms with Gasteiger partial charge < -0.3 is 15.6 Å². The average Bonchev–Trinajstić information content (AvgIpc) is 2.49. The largest absolute Gasteiger partial charge is 0.491 e. The standard InChI is InChI=1S/C16H22FNO4/c1-11(19)15(18)7-4-13(16(20)21)10-12-2-5-14(6-3-12)22-9-8-17/h2-3,5-6,13,15H,4,7-10,18H2,1H3,(H,20,21)/t13?,15-/m0/s1. The van der Waals surface area contributed by atoms with Gasteiger partial charge in [-0.15, -0.1) is 0 Å². The van der Waals surface area contributed by atoms with Crippen molar-refractivity contribution in [1.29, 1.82) is 0 Å². The third-order valence-electron chi connectivity index (χ3n) is 3.45. The quantitative estimate of drug-likeness (QED) is 0.689. The number of hydrogen-bond acceptors (Lipinski definition) is 4. The minimum atomic E-state index is -0.909. The van der Waals surface area contributed by atoms with Crippen LogP contribution in [0.25, 0.3) is 0 Å². The van der Waals surface area contributed by atoms with E-state index in [9.17, 15) is 19.1 Å². The van der Waals surface area contributed by atoms with Crippen molar-refractivity contribution in [3.63, 3.8) is 0 Å². The normalized spacial score (nSPS) is 13.4. The lowest BCUT2D eigenvalue weighted by Gasteiger charge is -2.15. The van der Waals surface area contributed by atoms with Crippen molar-refractivity contribution < 1.29 is 23.8 Å². The maximum Gasteiger partial charge on any atom is 0.306 e. The van der Waals surface area contributed by atoms with Crippen molar-refractivity contribution in [1.82, 2.24) is 0 Å². The molecule has 0 aromatic heterocycles. The molecule has 0 aliphatic rings. The molecule has 6 heteroatoms. The van der Waals surface area contributed by atoms with Gasteiger partial charge in [0.1, 0.15) is 24.8 Å². The summed E-state index contributed by atoms with van der Waals surface area (Å²) in [6.45, 7) is 0.843. The summed E-state index contributed by atoms with van der Waals surface area (Å²) in [6.07, 6.45) is 1.05. The summed E-state index contributed by atoms with van der Waals surface area (Å²) in [7, 11) is 0. The van der Waals surface area contributed by atoms with Crippen molar-refractivity contribution in [3.8, 4) is 5.75 Å². The second-order valence-corrected chi connectivity index (χ2v) is 5.22. The maximum atomic E-state index is 12.0. The van der Waals surface area contributed by atoms with Gasteiger partial charge in [-0.1, -0.05) is 12.1 Å². The molecular weight excluding hydrogens is 289 g/mol. The molecule has 0 aliphatic carbocycles. The van der Waals surface area contributed by atoms with Gasteiger partial charge in [0.15, 0.2) is 0 Å². The van der Waals surface area contributed by atoms with E-state index in [1.165, 1.54) is 6.92 Å². The molecule has 0 saturated carbocycles. The van der Waals surface area contributed by atoms with Crippen molar-refractivity contribution in [2.45, 2.75) is 32.2 Å². The van der Waals surface area contributed by atoms with E-state index in [1.54, 1.807) is 24.3 Å². The Hall–Kier alpha value is -1.95. The van der Waals surface area contributed by atoms with E-state index in [1.807, 2.05) is 0 Å². The molecule has 2 atom stereocenters. The van der Waals surface area contributed by atoms with Crippen LogP contribution >= 0.6 is 0 Å². The highest BCUT2D eigenvalue weighted by Crippen LogP contribution is 2.19. The third kappa shape index (κ3) is 6.22. The van der Waals surface area contributed by atoms with E-state index in [-0.39, 0.29) is 12.4 Å². The van der Waals surface area contributed by atoms with E-state index >= 15 is 0 Å². The van der Waals surface area contributed by atoms with Crippen LogP contribution in [0.3, 0.4) is 0 Å². The minimum Gasteiger partial charge on any atom is -0.491 e. The lowest BCUT2D eigenvalue weighted by atomic mass is 9.92. The van der Waals surface area contributed by atoms with Gasteiger partial charge in [0, 0.05) is 0 Å². The Morgan fingerprint density at radius 3 is 2.41 bits per heavy atom. The molecule has 0 amide bonds. The second-order valence-electron chi connectivity index (χ2n) is 5.22. The SMILES string of the molecule is CC(=O)[C@@H](N)CCC(Cc1ccc(OCCF)cc1)C(=O)O. The number of halogens is 1. The molecule has 0 bridgehead atoms. The summed E-state index contributed by atoms with van der Waals surface area (Å²) < 4.78 is 17.1. The number of alkyl halides is 1. The number of carbonyl (C=O) groups is 2. The summed E-state index contributed by atoms with van der Waals surface area (Å²) in [5, 5.41) is 9.26. The molecule has 0 fully saturated rings. The highest BCUT2D eigenvalue weighted by atomic mass is 19.1. The minimum absolute atomic E-state index is 0.0000321. The number of rotatable bonds is 10. The van der Waals surface area contributed by atoms with Gasteiger partial charge in [0.25, 0.3) is 0 Å². The Bertz CT molecular complexity index is 489. The van der Waals surface area contributed by atoms with E-state index in [0.717, 1.165) is 5.56 Å². The fourth-order valence-electron chi connectivity index (χ4n) is 2.06. The Balaban J connectivity index is 2.59. The van der Waals surface area contributed by atoms with Gasteiger partial charge in [-0.2, -0.15) is 0 Å². The van der Waals surface area contributed by atoms with Crippen LogP contribution in [0.2, 0.25) is 0 Å². The molecule has 22 heavy (non-hydrogen) atoms. The molecule has 5 nitrogen and oxygen atoms in total. The van der Waals surface area contributed by atoms with Crippen molar-refractivity contribution in [2.75, 3.05) is 13.3 Å². The number of ketones is 1. The summed E-state index contributed by atoms with van der Waals surface area (Å²) >= 11 is 0. The zero-order valence-electron chi connectivity index (χ0n) is 12.6. The Morgan fingerprint density at radius 2 is 1.91 bits per heavy atom. The predicted octanol–water partition coefficient (Wildman–Crippen LogP) is 1.97. The highest BCUT2D eigenvalue weighted by molar-refractivity contribution is 5.81. The zero-order valence-corrected chi connectivity index (χ0v) is 12.6. The Kier molecular flexibility index (Phi) is 7.52. The van der Waals surface area contributed by atoms with Gasteiger partial charge in [-0.25, -0.2) is 4.39 Å². The van der Waals surface area contributed by atoms with Gasteiger partial charge >= 0.3 is 5.97 Å². The van der Waals surface area contributed by atoms with E-state index in [4.69, 9.17) is 10.5 Å². The van der Waals surface area contributed by atoms with Crippen LogP contribution in [0.4, 0.5) is 4.39 Å². The molecule has 0 spiro atoms. The molecule has 0 saturated heterocycles. The zero-order chi connectivity index (χ0) is 16.5. The van der Waals surface area contributed by atoms with E-state index in [2.05, 4.69) is 0 Å². The summed E-state index contributed by atoms with van der Waals surface area (Å²) in [4.78, 5) is 22.4. The van der Waals surface area contributed by atoms with Crippen LogP contribution < -0.4 is 10.5 Å². The molecule has 0 radical (unpaired) electrons. The first kappa shape index (κ1) is 18.1. The van der Waals surface area contributed by atoms with Gasteiger partial charge in [0.2, 0.25) is 0 Å². The van der Waals surface area contributed by atoms with Crippen LogP contribution in [0.15, 0.2) is 24.3 Å². The Labute approximate surface area is 129 Å². The number of ether oxygens (including phenoxy) is 1. The first-order valence-corrected chi connectivity index (χ1v) is 7.20. The number of benzene rings is 1.